The highest BCUT2D eigenvalue weighted by Gasteiger charge is 2.13. The Bertz CT molecular complexity index is 313. The van der Waals surface area contributed by atoms with Crippen LogP contribution in [0.4, 0.5) is 0 Å². The lowest BCUT2D eigenvalue weighted by Crippen LogP contribution is -2.15. The average Bonchev–Trinajstić information content (AvgIpc) is 2.42. The quantitative estimate of drug-likeness (QED) is 0.797. The third kappa shape index (κ3) is 3.19. The van der Waals surface area contributed by atoms with Gasteiger partial charge in [-0.25, -0.2) is 0 Å². The van der Waals surface area contributed by atoms with E-state index in [4.69, 9.17) is 0 Å². The molecule has 0 spiro atoms. The summed E-state index contributed by atoms with van der Waals surface area (Å²) in [5.41, 5.74) is 1.20. The zero-order valence-corrected chi connectivity index (χ0v) is 12.2. The second-order valence-electron chi connectivity index (χ2n) is 3.27. The van der Waals surface area contributed by atoms with Crippen LogP contribution in [0.1, 0.15) is 24.3 Å². The zero-order valence-electron chi connectivity index (χ0n) is 8.23. The lowest BCUT2D eigenvalue weighted by molar-refractivity contribution is 0.600. The Morgan fingerprint density at radius 1 is 1.64 bits per heavy atom. The molecule has 1 unspecified atom stereocenters. The van der Waals surface area contributed by atoms with E-state index < -0.39 is 0 Å². The van der Waals surface area contributed by atoms with Crippen LogP contribution in [-0.2, 0) is 0 Å². The molecule has 78 valence electrons. The molecule has 0 radical (unpaired) electrons. The normalized spacial score (nSPS) is 12.9. The largest absolute Gasteiger partial charge is 0.312 e. The van der Waals surface area contributed by atoms with E-state index in [2.05, 4.69) is 56.7 Å². The van der Waals surface area contributed by atoms with Gasteiger partial charge in [0.1, 0.15) is 0 Å². The molecule has 1 nitrogen and oxygen atoms in total. The minimum absolute atomic E-state index is 0.375. The molecule has 1 atom stereocenters. The topological polar surface area (TPSA) is 12.0 Å². The van der Waals surface area contributed by atoms with Gasteiger partial charge in [-0.15, -0.1) is 17.9 Å². The lowest BCUT2D eigenvalue weighted by atomic mass is 10.1. The Kier molecular flexibility index (Phi) is 4.83. The fraction of sp³-hybridized carbons (Fsp3) is 0.400. The highest BCUT2D eigenvalue weighted by atomic mass is 79.9. The summed E-state index contributed by atoms with van der Waals surface area (Å²) in [4.78, 5) is 1.33. The molecular weight excluding hydrogens is 326 g/mol. The van der Waals surface area contributed by atoms with Crippen molar-refractivity contribution in [2.24, 2.45) is 0 Å². The van der Waals surface area contributed by atoms with Gasteiger partial charge in [0, 0.05) is 15.4 Å². The van der Waals surface area contributed by atoms with Crippen LogP contribution in [0.5, 0.6) is 0 Å². The van der Waals surface area contributed by atoms with Gasteiger partial charge in [-0.1, -0.05) is 5.57 Å². The molecule has 1 aromatic heterocycles. The zero-order chi connectivity index (χ0) is 10.7. The second kappa shape index (κ2) is 5.45. The molecule has 0 saturated heterocycles. The molecule has 1 N–H and O–H groups in total. The maximum Gasteiger partial charge on any atom is 0.0843 e. The summed E-state index contributed by atoms with van der Waals surface area (Å²) < 4.78 is 2.27. The van der Waals surface area contributed by atoms with Crippen molar-refractivity contribution in [3.8, 4) is 0 Å². The maximum absolute atomic E-state index is 3.94. The van der Waals surface area contributed by atoms with Crippen molar-refractivity contribution < 1.29 is 0 Å². The van der Waals surface area contributed by atoms with Gasteiger partial charge >= 0.3 is 0 Å². The van der Waals surface area contributed by atoms with Crippen molar-refractivity contribution in [2.75, 3.05) is 7.05 Å². The average molecular weight is 339 g/mol. The Morgan fingerprint density at radius 3 is 2.64 bits per heavy atom. The predicted molar refractivity (Wildman–Crippen MR) is 71.0 cm³/mol. The number of hydrogen-bond donors (Lipinski definition) is 1. The molecule has 0 aliphatic rings. The summed E-state index contributed by atoms with van der Waals surface area (Å²) in [6.45, 7) is 6.00. The van der Waals surface area contributed by atoms with Crippen molar-refractivity contribution in [3.63, 3.8) is 0 Å². The third-order valence-electron chi connectivity index (χ3n) is 1.91. The van der Waals surface area contributed by atoms with Gasteiger partial charge in [0.2, 0.25) is 0 Å². The van der Waals surface area contributed by atoms with Crippen LogP contribution in [-0.4, -0.2) is 7.05 Å². The number of thiophene rings is 1. The number of halogens is 2. The highest BCUT2D eigenvalue weighted by molar-refractivity contribution is 9.13. The van der Waals surface area contributed by atoms with E-state index in [9.17, 15) is 0 Å². The molecule has 14 heavy (non-hydrogen) atoms. The van der Waals surface area contributed by atoms with Crippen molar-refractivity contribution in [1.82, 2.24) is 5.32 Å². The summed E-state index contributed by atoms with van der Waals surface area (Å²) in [6, 6.07) is 2.53. The molecule has 0 amide bonds. The maximum atomic E-state index is 3.94. The van der Waals surface area contributed by atoms with Gasteiger partial charge in [0.05, 0.1) is 3.79 Å². The molecule has 0 aliphatic carbocycles. The number of hydrogen-bond acceptors (Lipinski definition) is 2. The van der Waals surface area contributed by atoms with Crippen molar-refractivity contribution in [2.45, 2.75) is 19.4 Å². The molecule has 1 heterocycles. The van der Waals surface area contributed by atoms with E-state index in [0.717, 1.165) is 14.7 Å². The Morgan fingerprint density at radius 2 is 2.29 bits per heavy atom. The van der Waals surface area contributed by atoms with E-state index in [0.29, 0.717) is 6.04 Å². The van der Waals surface area contributed by atoms with E-state index in [1.807, 2.05) is 7.05 Å². The van der Waals surface area contributed by atoms with E-state index in [1.54, 1.807) is 11.3 Å². The molecule has 0 aromatic carbocycles. The molecule has 1 rings (SSSR count). The standard InChI is InChI=1S/C10H13Br2NS/c1-6(2)4-8(13-3)9-5-7(11)10(12)14-9/h5,8,13H,1,4H2,2-3H3. The molecule has 1 aromatic rings. The first-order valence-corrected chi connectivity index (χ1v) is 6.71. The van der Waals surface area contributed by atoms with Gasteiger partial charge in [-0.3, -0.25) is 0 Å². The van der Waals surface area contributed by atoms with Crippen LogP contribution in [0.2, 0.25) is 0 Å². The number of nitrogens with one attached hydrogen (secondary N) is 1. The van der Waals surface area contributed by atoms with E-state index in [1.165, 1.54) is 10.5 Å². The summed E-state index contributed by atoms with van der Waals surface area (Å²) >= 11 is 8.75. The van der Waals surface area contributed by atoms with Crippen LogP contribution in [0.25, 0.3) is 0 Å². The molecule has 0 fully saturated rings. The summed E-state index contributed by atoms with van der Waals surface area (Å²) in [5, 5.41) is 3.30. The van der Waals surface area contributed by atoms with Crippen molar-refractivity contribution >= 4 is 43.2 Å². The van der Waals surface area contributed by atoms with Crippen LogP contribution < -0.4 is 5.32 Å². The van der Waals surface area contributed by atoms with Gasteiger partial charge in [0.15, 0.2) is 0 Å². The fourth-order valence-electron chi connectivity index (χ4n) is 1.23. The predicted octanol–water partition coefficient (Wildman–Crippen LogP) is 4.50. The van der Waals surface area contributed by atoms with Gasteiger partial charge in [0.25, 0.3) is 0 Å². The molecule has 4 heteroatoms. The smallest absolute Gasteiger partial charge is 0.0843 e. The van der Waals surface area contributed by atoms with Crippen LogP contribution in [0, 0.1) is 0 Å². The van der Waals surface area contributed by atoms with Crippen molar-refractivity contribution in [3.05, 3.63) is 31.4 Å². The fourth-order valence-corrected chi connectivity index (χ4v) is 3.43. The summed E-state index contributed by atoms with van der Waals surface area (Å²) in [6.07, 6.45) is 0.982. The molecule has 0 bridgehead atoms. The third-order valence-corrected chi connectivity index (χ3v) is 5.28. The Hall–Kier alpha value is 0.360. The van der Waals surface area contributed by atoms with Gasteiger partial charge in [-0.05, 0) is 58.3 Å². The van der Waals surface area contributed by atoms with Crippen LogP contribution in [0.3, 0.4) is 0 Å². The van der Waals surface area contributed by atoms with Crippen molar-refractivity contribution in [1.29, 1.82) is 0 Å². The minimum Gasteiger partial charge on any atom is -0.312 e. The molecule has 0 saturated carbocycles. The SMILES string of the molecule is C=C(C)CC(NC)c1cc(Br)c(Br)s1. The van der Waals surface area contributed by atoms with Crippen LogP contribution >= 0.6 is 43.2 Å². The molecular formula is C10H13Br2NS. The first-order chi connectivity index (χ1) is 6.54. The highest BCUT2D eigenvalue weighted by Crippen LogP contribution is 2.36. The monoisotopic (exact) mass is 337 g/mol. The molecule has 0 aliphatic heterocycles. The van der Waals surface area contributed by atoms with E-state index in [-0.39, 0.29) is 0 Å². The van der Waals surface area contributed by atoms with Crippen LogP contribution in [0.15, 0.2) is 26.5 Å². The number of rotatable bonds is 4. The lowest BCUT2D eigenvalue weighted by Gasteiger charge is -2.13. The Labute approximate surface area is 106 Å². The van der Waals surface area contributed by atoms with Gasteiger partial charge in [-0.2, -0.15) is 0 Å². The second-order valence-corrected chi connectivity index (χ2v) is 6.53. The summed E-state index contributed by atoms with van der Waals surface area (Å²) in [5.74, 6) is 0. The Balaban J connectivity index is 2.83. The first-order valence-electron chi connectivity index (χ1n) is 4.31. The summed E-state index contributed by atoms with van der Waals surface area (Å²) in [7, 11) is 1.98. The first kappa shape index (κ1) is 12.4. The van der Waals surface area contributed by atoms with E-state index >= 15 is 0 Å². The minimum atomic E-state index is 0.375. The van der Waals surface area contributed by atoms with Gasteiger partial charge < -0.3 is 5.32 Å².